The number of aliphatic hydroxyl groups is 1. The zero-order chi connectivity index (χ0) is 18.5. The second kappa shape index (κ2) is 7.79. The number of benzene rings is 1. The van der Waals surface area contributed by atoms with E-state index in [0.29, 0.717) is 12.1 Å². The van der Waals surface area contributed by atoms with E-state index in [-0.39, 0.29) is 12.0 Å². The molecule has 1 rings (SSSR count). The average molecular weight is 344 g/mol. The molecule has 0 fully saturated rings. The normalized spacial score (nSPS) is 15.0. The minimum absolute atomic E-state index is 0.113. The lowest BCUT2D eigenvalue weighted by atomic mass is 10.0. The number of hydrogen-bond donors (Lipinski definition) is 3. The summed E-state index contributed by atoms with van der Waals surface area (Å²) in [4.78, 5) is 23.0. The fourth-order valence-electron chi connectivity index (χ4n) is 1.88. The number of nitrogens with zero attached hydrogens (tertiary/aromatic N) is 1. The third-order valence-corrected chi connectivity index (χ3v) is 3.23. The lowest BCUT2D eigenvalue weighted by molar-refractivity contribution is -0.144. The van der Waals surface area contributed by atoms with Gasteiger partial charge in [-0.3, -0.25) is 4.79 Å². The number of aliphatic hydroxyl groups excluding tert-OH is 1. The van der Waals surface area contributed by atoms with Crippen LogP contribution in [0, 0.1) is 17.2 Å². The van der Waals surface area contributed by atoms with Crippen LogP contribution in [0.2, 0.25) is 0 Å². The molecule has 130 valence electrons. The van der Waals surface area contributed by atoms with Crippen molar-refractivity contribution in [3.8, 4) is 6.07 Å². The van der Waals surface area contributed by atoms with Gasteiger partial charge in [-0.2, -0.15) is 18.4 Å². The van der Waals surface area contributed by atoms with Gasteiger partial charge in [0.2, 0.25) is 0 Å². The number of amides is 1. The number of carboxylic acid groups (broad SMARTS) is 1. The summed E-state index contributed by atoms with van der Waals surface area (Å²) >= 11 is 0. The SMILES string of the molecule is C[C@@H](C#N)C[C@H](NC(=O)[C@@H](O)c1ccc(C(F)(F)F)cc1)C(=O)O. The van der Waals surface area contributed by atoms with E-state index in [9.17, 15) is 27.9 Å². The van der Waals surface area contributed by atoms with E-state index >= 15 is 0 Å². The first-order valence-corrected chi connectivity index (χ1v) is 6.84. The largest absolute Gasteiger partial charge is 0.480 e. The van der Waals surface area contributed by atoms with Crippen LogP contribution in [0.4, 0.5) is 13.2 Å². The second-order valence-corrected chi connectivity index (χ2v) is 5.19. The van der Waals surface area contributed by atoms with Crippen molar-refractivity contribution >= 4 is 11.9 Å². The van der Waals surface area contributed by atoms with Crippen LogP contribution in [0.5, 0.6) is 0 Å². The molecular weight excluding hydrogens is 329 g/mol. The summed E-state index contributed by atoms with van der Waals surface area (Å²) in [6.07, 6.45) is -6.54. The standard InChI is InChI=1S/C15H15F3N2O4/c1-8(7-19)6-11(14(23)24)20-13(22)12(21)9-2-4-10(5-3-9)15(16,17)18/h2-5,8,11-12,21H,6H2,1H3,(H,20,22)(H,23,24)/t8-,11+,12+/m1/s1. The van der Waals surface area contributed by atoms with E-state index in [0.717, 1.165) is 12.1 Å². The maximum absolute atomic E-state index is 12.5. The van der Waals surface area contributed by atoms with E-state index in [1.165, 1.54) is 6.92 Å². The molecular formula is C15H15F3N2O4. The van der Waals surface area contributed by atoms with Gasteiger partial charge < -0.3 is 15.5 Å². The topological polar surface area (TPSA) is 110 Å². The summed E-state index contributed by atoms with van der Waals surface area (Å²) in [5, 5.41) is 29.6. The monoisotopic (exact) mass is 344 g/mol. The summed E-state index contributed by atoms with van der Waals surface area (Å²) in [5.74, 6) is -3.10. The van der Waals surface area contributed by atoms with E-state index in [4.69, 9.17) is 10.4 Å². The molecule has 0 heterocycles. The van der Waals surface area contributed by atoms with Crippen molar-refractivity contribution in [2.75, 3.05) is 0 Å². The highest BCUT2D eigenvalue weighted by molar-refractivity contribution is 5.87. The average Bonchev–Trinajstić information content (AvgIpc) is 2.52. The van der Waals surface area contributed by atoms with Crippen LogP contribution in [0.25, 0.3) is 0 Å². The zero-order valence-electron chi connectivity index (χ0n) is 12.5. The van der Waals surface area contributed by atoms with Crippen LogP contribution in [-0.2, 0) is 15.8 Å². The van der Waals surface area contributed by atoms with Gasteiger partial charge in [0.05, 0.1) is 11.6 Å². The molecule has 3 N–H and O–H groups in total. The Kier molecular flexibility index (Phi) is 6.31. The smallest absolute Gasteiger partial charge is 0.416 e. The molecule has 0 saturated heterocycles. The molecule has 0 aromatic heterocycles. The van der Waals surface area contributed by atoms with Gasteiger partial charge in [0.25, 0.3) is 5.91 Å². The summed E-state index contributed by atoms with van der Waals surface area (Å²) in [6.45, 7) is 1.47. The van der Waals surface area contributed by atoms with Crippen molar-refractivity contribution in [2.45, 2.75) is 31.7 Å². The highest BCUT2D eigenvalue weighted by Crippen LogP contribution is 2.30. The number of alkyl halides is 3. The second-order valence-electron chi connectivity index (χ2n) is 5.19. The summed E-state index contributed by atoms with van der Waals surface area (Å²) < 4.78 is 37.4. The van der Waals surface area contributed by atoms with Gasteiger partial charge in [-0.1, -0.05) is 12.1 Å². The molecule has 0 bridgehead atoms. The van der Waals surface area contributed by atoms with Gasteiger partial charge in [0.15, 0.2) is 6.10 Å². The molecule has 1 aromatic carbocycles. The molecule has 0 spiro atoms. The van der Waals surface area contributed by atoms with Crippen LogP contribution >= 0.6 is 0 Å². The Bertz CT molecular complexity index is 638. The first kappa shape index (κ1) is 19.4. The van der Waals surface area contributed by atoms with Crippen LogP contribution in [0.1, 0.15) is 30.6 Å². The molecule has 1 amide bonds. The highest BCUT2D eigenvalue weighted by Gasteiger charge is 2.31. The predicted molar refractivity (Wildman–Crippen MR) is 75.4 cm³/mol. The quantitative estimate of drug-likeness (QED) is 0.729. The molecule has 9 heteroatoms. The Morgan fingerprint density at radius 3 is 2.25 bits per heavy atom. The van der Waals surface area contributed by atoms with Gasteiger partial charge in [-0.05, 0) is 31.0 Å². The molecule has 0 aliphatic rings. The zero-order valence-corrected chi connectivity index (χ0v) is 12.5. The van der Waals surface area contributed by atoms with Crippen molar-refractivity contribution in [1.82, 2.24) is 5.32 Å². The number of hydrogen-bond acceptors (Lipinski definition) is 4. The third kappa shape index (κ3) is 5.24. The minimum Gasteiger partial charge on any atom is -0.480 e. The maximum Gasteiger partial charge on any atom is 0.416 e. The van der Waals surface area contributed by atoms with Crippen molar-refractivity contribution in [2.24, 2.45) is 5.92 Å². The first-order valence-electron chi connectivity index (χ1n) is 6.84. The van der Waals surface area contributed by atoms with Gasteiger partial charge in [0.1, 0.15) is 6.04 Å². The van der Waals surface area contributed by atoms with Crippen molar-refractivity contribution < 1.29 is 33.0 Å². The van der Waals surface area contributed by atoms with Gasteiger partial charge in [-0.15, -0.1) is 0 Å². The number of nitriles is 1. The Balaban J connectivity index is 2.83. The lowest BCUT2D eigenvalue weighted by Crippen LogP contribution is -2.43. The van der Waals surface area contributed by atoms with E-state index < -0.39 is 41.7 Å². The number of aliphatic carboxylic acids is 1. The Morgan fingerprint density at radius 1 is 1.29 bits per heavy atom. The lowest BCUT2D eigenvalue weighted by Gasteiger charge is -2.18. The first-order chi connectivity index (χ1) is 11.1. The van der Waals surface area contributed by atoms with Crippen LogP contribution in [-0.4, -0.2) is 28.1 Å². The Labute approximate surface area is 135 Å². The number of halogens is 3. The summed E-state index contributed by atoms with van der Waals surface area (Å²) in [7, 11) is 0. The molecule has 6 nitrogen and oxygen atoms in total. The van der Waals surface area contributed by atoms with Crippen LogP contribution in [0.3, 0.4) is 0 Å². The molecule has 0 unspecified atom stereocenters. The number of rotatable bonds is 6. The van der Waals surface area contributed by atoms with Crippen molar-refractivity contribution in [3.63, 3.8) is 0 Å². The van der Waals surface area contributed by atoms with Gasteiger partial charge in [0, 0.05) is 5.92 Å². The fourth-order valence-corrected chi connectivity index (χ4v) is 1.88. The predicted octanol–water partition coefficient (Wildman–Crippen LogP) is 1.86. The van der Waals surface area contributed by atoms with E-state index in [1.807, 2.05) is 6.07 Å². The van der Waals surface area contributed by atoms with Crippen LogP contribution in [0.15, 0.2) is 24.3 Å². The Hall–Kier alpha value is -2.60. The molecule has 0 saturated carbocycles. The highest BCUT2D eigenvalue weighted by atomic mass is 19.4. The fraction of sp³-hybridized carbons (Fsp3) is 0.400. The maximum atomic E-state index is 12.5. The molecule has 0 aliphatic heterocycles. The molecule has 24 heavy (non-hydrogen) atoms. The number of nitrogens with one attached hydrogen (secondary N) is 1. The molecule has 0 radical (unpaired) electrons. The van der Waals surface area contributed by atoms with Crippen molar-refractivity contribution in [1.29, 1.82) is 5.26 Å². The third-order valence-electron chi connectivity index (χ3n) is 3.23. The van der Waals surface area contributed by atoms with Gasteiger partial charge in [-0.25, -0.2) is 4.79 Å². The van der Waals surface area contributed by atoms with Crippen molar-refractivity contribution in [3.05, 3.63) is 35.4 Å². The number of carbonyl (C=O) groups is 2. The van der Waals surface area contributed by atoms with E-state index in [1.54, 1.807) is 0 Å². The number of carboxylic acids is 1. The molecule has 3 atom stereocenters. The molecule has 0 aliphatic carbocycles. The Morgan fingerprint density at radius 2 is 1.83 bits per heavy atom. The number of carbonyl (C=O) groups excluding carboxylic acids is 1. The summed E-state index contributed by atoms with van der Waals surface area (Å²) in [5.41, 5.74) is -1.05. The van der Waals surface area contributed by atoms with Gasteiger partial charge >= 0.3 is 12.1 Å². The van der Waals surface area contributed by atoms with E-state index in [2.05, 4.69) is 5.32 Å². The van der Waals surface area contributed by atoms with Crippen LogP contribution < -0.4 is 5.32 Å². The minimum atomic E-state index is -4.55. The summed E-state index contributed by atoms with van der Waals surface area (Å²) in [6, 6.07) is 3.70. The molecule has 1 aromatic rings.